The molecule has 0 aromatic heterocycles. The van der Waals surface area contributed by atoms with Gasteiger partial charge in [-0.3, -0.25) is 4.79 Å². The molecule has 0 aliphatic carbocycles. The van der Waals surface area contributed by atoms with Gasteiger partial charge < -0.3 is 10.1 Å². The molecule has 0 fully saturated rings. The second-order valence-electron chi connectivity index (χ2n) is 4.20. The molecule has 0 aliphatic rings. The van der Waals surface area contributed by atoms with E-state index in [9.17, 15) is 4.79 Å². The summed E-state index contributed by atoms with van der Waals surface area (Å²) >= 11 is 0. The Hall–Kier alpha value is -0.570. The van der Waals surface area contributed by atoms with Crippen LogP contribution < -0.4 is 5.32 Å². The number of carbonyl (C=O) groups excluding carboxylic acids is 1. The molecule has 0 bridgehead atoms. The van der Waals surface area contributed by atoms with Gasteiger partial charge in [-0.05, 0) is 26.2 Å². The molecule has 1 N–H and O–H groups in total. The van der Waals surface area contributed by atoms with E-state index in [1.165, 1.54) is 0 Å². The third kappa shape index (κ3) is 9.52. The molecular formula is C11H23NO2. The predicted molar refractivity (Wildman–Crippen MR) is 58.2 cm³/mol. The molecule has 0 radical (unpaired) electrons. The standard InChI is InChI=1S/C11H23NO2/c1-9(2)5-6-11(13)12-7-8-14-10(3)4/h9-10H,5-8H2,1-4H3,(H,12,13). The SMILES string of the molecule is CC(C)CCC(=O)NCCOC(C)C. The zero-order valence-corrected chi connectivity index (χ0v) is 9.80. The molecule has 14 heavy (non-hydrogen) atoms. The molecule has 0 heterocycles. The van der Waals surface area contributed by atoms with Crippen LogP contribution in [-0.2, 0) is 9.53 Å². The first-order chi connectivity index (χ1) is 6.52. The van der Waals surface area contributed by atoms with E-state index in [4.69, 9.17) is 4.74 Å². The van der Waals surface area contributed by atoms with Crippen LogP contribution >= 0.6 is 0 Å². The van der Waals surface area contributed by atoms with Crippen molar-refractivity contribution in [1.29, 1.82) is 0 Å². The summed E-state index contributed by atoms with van der Waals surface area (Å²) in [5.41, 5.74) is 0. The lowest BCUT2D eigenvalue weighted by Crippen LogP contribution is -2.28. The molecule has 0 saturated heterocycles. The number of hydrogen-bond acceptors (Lipinski definition) is 2. The molecular weight excluding hydrogens is 178 g/mol. The van der Waals surface area contributed by atoms with Gasteiger partial charge in [0.1, 0.15) is 0 Å². The Morgan fingerprint density at radius 2 is 1.93 bits per heavy atom. The second-order valence-corrected chi connectivity index (χ2v) is 4.20. The van der Waals surface area contributed by atoms with E-state index in [1.807, 2.05) is 13.8 Å². The number of hydrogen-bond donors (Lipinski definition) is 1. The maximum atomic E-state index is 11.2. The van der Waals surface area contributed by atoms with Crippen molar-refractivity contribution in [3.63, 3.8) is 0 Å². The van der Waals surface area contributed by atoms with Gasteiger partial charge in [-0.1, -0.05) is 13.8 Å². The number of nitrogens with one attached hydrogen (secondary N) is 1. The first kappa shape index (κ1) is 13.4. The number of ether oxygens (including phenoxy) is 1. The molecule has 1 amide bonds. The minimum Gasteiger partial charge on any atom is -0.377 e. The highest BCUT2D eigenvalue weighted by molar-refractivity contribution is 5.75. The van der Waals surface area contributed by atoms with Crippen LogP contribution in [0, 0.1) is 5.92 Å². The summed E-state index contributed by atoms with van der Waals surface area (Å²) in [5.74, 6) is 0.721. The molecule has 0 atom stereocenters. The molecule has 0 unspecified atom stereocenters. The lowest BCUT2D eigenvalue weighted by molar-refractivity contribution is -0.121. The largest absolute Gasteiger partial charge is 0.377 e. The molecule has 0 saturated carbocycles. The van der Waals surface area contributed by atoms with Crippen LogP contribution in [0.4, 0.5) is 0 Å². The fourth-order valence-electron chi connectivity index (χ4n) is 0.993. The minimum absolute atomic E-state index is 0.131. The van der Waals surface area contributed by atoms with Crippen molar-refractivity contribution in [2.45, 2.75) is 46.6 Å². The number of amides is 1. The van der Waals surface area contributed by atoms with Gasteiger partial charge in [-0.15, -0.1) is 0 Å². The van der Waals surface area contributed by atoms with Crippen LogP contribution in [0.1, 0.15) is 40.5 Å². The van der Waals surface area contributed by atoms with Crippen LogP contribution in [0.15, 0.2) is 0 Å². The van der Waals surface area contributed by atoms with Gasteiger partial charge in [0.15, 0.2) is 0 Å². The average molecular weight is 201 g/mol. The first-order valence-electron chi connectivity index (χ1n) is 5.40. The Labute approximate surface area is 87.2 Å². The zero-order chi connectivity index (χ0) is 11.0. The molecule has 3 heteroatoms. The van der Waals surface area contributed by atoms with Crippen molar-refractivity contribution >= 4 is 5.91 Å². The smallest absolute Gasteiger partial charge is 0.220 e. The molecule has 0 rings (SSSR count). The molecule has 0 spiro atoms. The second kappa shape index (κ2) is 7.80. The number of carbonyl (C=O) groups is 1. The van der Waals surface area contributed by atoms with Crippen molar-refractivity contribution in [3.05, 3.63) is 0 Å². The first-order valence-corrected chi connectivity index (χ1v) is 5.40. The summed E-state index contributed by atoms with van der Waals surface area (Å²) in [6.07, 6.45) is 1.82. The number of rotatable bonds is 7. The Bertz CT molecular complexity index is 155. The van der Waals surface area contributed by atoms with Gasteiger partial charge in [-0.2, -0.15) is 0 Å². The molecule has 3 nitrogen and oxygen atoms in total. The summed E-state index contributed by atoms with van der Waals surface area (Å²) in [7, 11) is 0. The third-order valence-electron chi connectivity index (χ3n) is 1.82. The Morgan fingerprint density at radius 3 is 2.43 bits per heavy atom. The highest BCUT2D eigenvalue weighted by atomic mass is 16.5. The topological polar surface area (TPSA) is 38.3 Å². The van der Waals surface area contributed by atoms with E-state index in [2.05, 4.69) is 19.2 Å². The van der Waals surface area contributed by atoms with Crippen molar-refractivity contribution in [3.8, 4) is 0 Å². The van der Waals surface area contributed by atoms with Crippen LogP contribution in [0.25, 0.3) is 0 Å². The van der Waals surface area contributed by atoms with E-state index in [0.29, 0.717) is 25.5 Å². The van der Waals surface area contributed by atoms with Crippen molar-refractivity contribution in [1.82, 2.24) is 5.32 Å². The monoisotopic (exact) mass is 201 g/mol. The lowest BCUT2D eigenvalue weighted by atomic mass is 10.1. The van der Waals surface area contributed by atoms with Gasteiger partial charge in [0, 0.05) is 13.0 Å². The Balaban J connectivity index is 3.27. The molecule has 84 valence electrons. The quantitative estimate of drug-likeness (QED) is 0.639. The van der Waals surface area contributed by atoms with Crippen molar-refractivity contribution < 1.29 is 9.53 Å². The Morgan fingerprint density at radius 1 is 1.29 bits per heavy atom. The van der Waals surface area contributed by atoms with E-state index in [1.54, 1.807) is 0 Å². The predicted octanol–water partition coefficient (Wildman–Crippen LogP) is 1.96. The summed E-state index contributed by atoms with van der Waals surface area (Å²) in [6.45, 7) is 9.44. The highest BCUT2D eigenvalue weighted by Gasteiger charge is 2.02. The normalized spacial score (nSPS) is 11.0. The van der Waals surface area contributed by atoms with Gasteiger partial charge in [0.05, 0.1) is 12.7 Å². The van der Waals surface area contributed by atoms with Crippen molar-refractivity contribution in [2.75, 3.05) is 13.2 Å². The summed E-state index contributed by atoms with van der Waals surface area (Å²) in [5, 5.41) is 2.83. The van der Waals surface area contributed by atoms with Gasteiger partial charge >= 0.3 is 0 Å². The summed E-state index contributed by atoms with van der Waals surface area (Å²) in [4.78, 5) is 11.2. The van der Waals surface area contributed by atoms with E-state index < -0.39 is 0 Å². The van der Waals surface area contributed by atoms with Crippen LogP contribution in [0.5, 0.6) is 0 Å². The third-order valence-corrected chi connectivity index (χ3v) is 1.82. The van der Waals surface area contributed by atoms with Crippen LogP contribution in [0.3, 0.4) is 0 Å². The fraction of sp³-hybridized carbons (Fsp3) is 0.909. The molecule has 0 aromatic carbocycles. The summed E-state index contributed by atoms with van der Waals surface area (Å²) < 4.78 is 5.30. The molecule has 0 aliphatic heterocycles. The highest BCUT2D eigenvalue weighted by Crippen LogP contribution is 2.02. The van der Waals surface area contributed by atoms with Crippen LogP contribution in [0.2, 0.25) is 0 Å². The zero-order valence-electron chi connectivity index (χ0n) is 9.80. The van der Waals surface area contributed by atoms with Gasteiger partial charge in [0.25, 0.3) is 0 Å². The van der Waals surface area contributed by atoms with Gasteiger partial charge in [0.2, 0.25) is 5.91 Å². The van der Waals surface area contributed by atoms with E-state index in [-0.39, 0.29) is 12.0 Å². The minimum atomic E-state index is 0.131. The maximum Gasteiger partial charge on any atom is 0.220 e. The van der Waals surface area contributed by atoms with Crippen LogP contribution in [-0.4, -0.2) is 25.2 Å². The van der Waals surface area contributed by atoms with E-state index in [0.717, 1.165) is 6.42 Å². The fourth-order valence-corrected chi connectivity index (χ4v) is 0.993. The average Bonchev–Trinajstić information content (AvgIpc) is 2.08. The molecule has 0 aromatic rings. The lowest BCUT2D eigenvalue weighted by Gasteiger charge is -2.09. The van der Waals surface area contributed by atoms with E-state index >= 15 is 0 Å². The maximum absolute atomic E-state index is 11.2. The summed E-state index contributed by atoms with van der Waals surface area (Å²) in [6, 6.07) is 0. The van der Waals surface area contributed by atoms with Crippen molar-refractivity contribution in [2.24, 2.45) is 5.92 Å². The van der Waals surface area contributed by atoms with Gasteiger partial charge in [-0.25, -0.2) is 0 Å². The Kier molecular flexibility index (Phi) is 7.48.